The molecule has 2 N–H and O–H groups in total. The van der Waals surface area contributed by atoms with Crippen molar-refractivity contribution in [1.29, 1.82) is 0 Å². The van der Waals surface area contributed by atoms with Crippen LogP contribution in [-0.2, 0) is 4.79 Å². The van der Waals surface area contributed by atoms with Crippen molar-refractivity contribution in [3.63, 3.8) is 0 Å². The summed E-state index contributed by atoms with van der Waals surface area (Å²) in [6, 6.07) is 0. The molecule has 4 heteroatoms. The van der Waals surface area contributed by atoms with Gasteiger partial charge in [0.15, 0.2) is 5.78 Å². The second-order valence-electron chi connectivity index (χ2n) is 7.71. The predicted octanol–water partition coefficient (Wildman–Crippen LogP) is 1.30. The summed E-state index contributed by atoms with van der Waals surface area (Å²) in [7, 11) is 0. The highest BCUT2D eigenvalue weighted by Gasteiger charge is 2.76. The van der Waals surface area contributed by atoms with E-state index < -0.39 is 16.7 Å². The third-order valence-electron chi connectivity index (χ3n) is 6.85. The molecule has 4 fully saturated rings. The standard InChI is InChI=1S/C16H25NO3/c1-11-8-12-9-13(18)15(19)5-3-7-17-6-2-4-14(12,15)16(17,20)10-11/h11-12,19-20H,2-10H2,1H3/t11-,12-,14-,15-,16-/m0/s1. The fourth-order valence-electron chi connectivity index (χ4n) is 6.27. The lowest BCUT2D eigenvalue weighted by atomic mass is 9.51. The summed E-state index contributed by atoms with van der Waals surface area (Å²) in [6.45, 7) is 3.89. The van der Waals surface area contributed by atoms with Crippen LogP contribution in [-0.4, -0.2) is 45.3 Å². The zero-order chi connectivity index (χ0) is 14.2. The van der Waals surface area contributed by atoms with Gasteiger partial charge in [0.25, 0.3) is 0 Å². The fraction of sp³-hybridized carbons (Fsp3) is 0.938. The van der Waals surface area contributed by atoms with Crippen molar-refractivity contribution < 1.29 is 15.0 Å². The van der Waals surface area contributed by atoms with E-state index in [2.05, 4.69) is 11.8 Å². The molecule has 0 aromatic carbocycles. The Morgan fingerprint density at radius 1 is 1.20 bits per heavy atom. The van der Waals surface area contributed by atoms with E-state index in [1.165, 1.54) is 0 Å². The van der Waals surface area contributed by atoms with E-state index in [-0.39, 0.29) is 11.7 Å². The molecule has 4 aliphatic rings. The van der Waals surface area contributed by atoms with Crippen LogP contribution in [0.3, 0.4) is 0 Å². The molecular formula is C16H25NO3. The molecule has 2 bridgehead atoms. The van der Waals surface area contributed by atoms with Crippen molar-refractivity contribution in [3.05, 3.63) is 0 Å². The van der Waals surface area contributed by atoms with Crippen LogP contribution in [0.15, 0.2) is 0 Å². The maximum atomic E-state index is 12.6. The van der Waals surface area contributed by atoms with E-state index >= 15 is 0 Å². The first-order valence-corrected chi connectivity index (χ1v) is 8.17. The second kappa shape index (κ2) is 3.84. The molecule has 4 nitrogen and oxygen atoms in total. The Kier molecular flexibility index (Phi) is 2.54. The minimum atomic E-state index is -1.28. The number of aliphatic hydroxyl groups is 2. The molecule has 2 saturated carbocycles. The highest BCUT2D eigenvalue weighted by molar-refractivity contribution is 5.91. The van der Waals surface area contributed by atoms with Crippen LogP contribution in [0.1, 0.15) is 51.9 Å². The van der Waals surface area contributed by atoms with Crippen LogP contribution >= 0.6 is 0 Å². The minimum absolute atomic E-state index is 0.00113. The molecule has 20 heavy (non-hydrogen) atoms. The molecule has 0 radical (unpaired) electrons. The molecule has 2 aliphatic heterocycles. The molecule has 4 rings (SSSR count). The zero-order valence-electron chi connectivity index (χ0n) is 12.3. The molecule has 2 heterocycles. The zero-order valence-corrected chi connectivity index (χ0v) is 12.3. The molecule has 2 saturated heterocycles. The van der Waals surface area contributed by atoms with Crippen LogP contribution in [0, 0.1) is 17.3 Å². The summed E-state index contributed by atoms with van der Waals surface area (Å²) < 4.78 is 0. The molecule has 0 aromatic rings. The molecule has 6 atom stereocenters. The molecule has 1 spiro atoms. The maximum Gasteiger partial charge on any atom is 0.165 e. The first-order chi connectivity index (χ1) is 9.44. The van der Waals surface area contributed by atoms with Gasteiger partial charge in [0.05, 0.1) is 5.41 Å². The van der Waals surface area contributed by atoms with Gasteiger partial charge in [0, 0.05) is 19.5 Å². The summed E-state index contributed by atoms with van der Waals surface area (Å²) in [5.74, 6) is 0.584. The Labute approximate surface area is 120 Å². The van der Waals surface area contributed by atoms with Crippen molar-refractivity contribution in [1.82, 2.24) is 4.90 Å². The number of carbonyl (C=O) groups is 1. The van der Waals surface area contributed by atoms with Gasteiger partial charge in [-0.2, -0.15) is 0 Å². The van der Waals surface area contributed by atoms with Crippen molar-refractivity contribution >= 4 is 5.78 Å². The van der Waals surface area contributed by atoms with Gasteiger partial charge in [-0.3, -0.25) is 9.69 Å². The van der Waals surface area contributed by atoms with Crippen molar-refractivity contribution in [2.75, 3.05) is 13.1 Å². The minimum Gasteiger partial charge on any atom is -0.381 e. The first-order valence-electron chi connectivity index (χ1n) is 8.17. The molecule has 0 amide bonds. The third kappa shape index (κ3) is 1.23. The Balaban J connectivity index is 1.95. The number of carbonyl (C=O) groups excluding carboxylic acids is 1. The Hall–Kier alpha value is -0.450. The number of hydrogen-bond donors (Lipinski definition) is 2. The van der Waals surface area contributed by atoms with E-state index in [1.807, 2.05) is 0 Å². The lowest BCUT2D eigenvalue weighted by Gasteiger charge is -2.63. The summed E-state index contributed by atoms with van der Waals surface area (Å²) in [6.07, 6.45) is 5.30. The van der Waals surface area contributed by atoms with Crippen LogP contribution in [0.25, 0.3) is 0 Å². The number of ketones is 1. The smallest absolute Gasteiger partial charge is 0.165 e. The van der Waals surface area contributed by atoms with Gasteiger partial charge in [-0.25, -0.2) is 0 Å². The fourth-order valence-corrected chi connectivity index (χ4v) is 6.27. The summed E-state index contributed by atoms with van der Waals surface area (Å²) >= 11 is 0. The Morgan fingerprint density at radius 3 is 2.65 bits per heavy atom. The van der Waals surface area contributed by atoms with Crippen molar-refractivity contribution in [2.45, 2.75) is 63.2 Å². The van der Waals surface area contributed by atoms with E-state index in [0.29, 0.717) is 25.2 Å². The van der Waals surface area contributed by atoms with Crippen LogP contribution in [0.2, 0.25) is 0 Å². The highest BCUT2D eigenvalue weighted by Crippen LogP contribution is 2.67. The highest BCUT2D eigenvalue weighted by atomic mass is 16.3. The van der Waals surface area contributed by atoms with E-state index in [9.17, 15) is 15.0 Å². The average Bonchev–Trinajstić information content (AvgIpc) is 2.56. The van der Waals surface area contributed by atoms with Gasteiger partial charge in [-0.1, -0.05) is 6.92 Å². The van der Waals surface area contributed by atoms with Gasteiger partial charge in [0.1, 0.15) is 11.3 Å². The average molecular weight is 279 g/mol. The molecule has 1 unspecified atom stereocenters. The van der Waals surface area contributed by atoms with Gasteiger partial charge in [-0.05, 0) is 50.4 Å². The monoisotopic (exact) mass is 279 g/mol. The number of Topliss-reactive ketones (excluding diaryl/α,β-unsaturated/α-hetero) is 1. The summed E-state index contributed by atoms with van der Waals surface area (Å²) in [5, 5.41) is 22.9. The number of piperidine rings is 1. The lowest BCUT2D eigenvalue weighted by Crippen LogP contribution is -2.72. The summed E-state index contributed by atoms with van der Waals surface area (Å²) in [4.78, 5) is 14.8. The largest absolute Gasteiger partial charge is 0.381 e. The van der Waals surface area contributed by atoms with Gasteiger partial charge >= 0.3 is 0 Å². The Bertz CT molecular complexity index is 467. The topological polar surface area (TPSA) is 60.8 Å². The third-order valence-corrected chi connectivity index (χ3v) is 6.85. The van der Waals surface area contributed by atoms with Crippen molar-refractivity contribution in [2.24, 2.45) is 17.3 Å². The van der Waals surface area contributed by atoms with Gasteiger partial charge in [-0.15, -0.1) is 0 Å². The van der Waals surface area contributed by atoms with E-state index in [4.69, 9.17) is 0 Å². The van der Waals surface area contributed by atoms with Gasteiger partial charge in [0.2, 0.25) is 0 Å². The van der Waals surface area contributed by atoms with E-state index in [0.717, 1.165) is 38.8 Å². The van der Waals surface area contributed by atoms with Crippen LogP contribution < -0.4 is 0 Å². The number of rotatable bonds is 0. The molecule has 2 aliphatic carbocycles. The molecule has 112 valence electrons. The normalized spacial score (nSPS) is 58.1. The molecular weight excluding hydrogens is 254 g/mol. The Morgan fingerprint density at radius 2 is 1.90 bits per heavy atom. The SMILES string of the molecule is C[C@H]1C[C@H]2CC(=O)[C@@]3(O)CCCN4CCC[C@]23[C@@]4(O)C1. The number of hydrogen-bond acceptors (Lipinski definition) is 4. The van der Waals surface area contributed by atoms with Crippen LogP contribution in [0.5, 0.6) is 0 Å². The first kappa shape index (κ1) is 13.2. The van der Waals surface area contributed by atoms with Crippen molar-refractivity contribution in [3.8, 4) is 0 Å². The quantitative estimate of drug-likeness (QED) is 0.702. The summed E-state index contributed by atoms with van der Waals surface area (Å²) in [5.41, 5.74) is -2.84. The molecule has 0 aromatic heterocycles. The second-order valence-corrected chi connectivity index (χ2v) is 7.71. The number of nitrogens with zero attached hydrogens (tertiary/aromatic N) is 1. The van der Waals surface area contributed by atoms with Gasteiger partial charge < -0.3 is 10.2 Å². The van der Waals surface area contributed by atoms with Crippen LogP contribution in [0.4, 0.5) is 0 Å². The predicted molar refractivity (Wildman–Crippen MR) is 73.9 cm³/mol. The maximum absolute atomic E-state index is 12.6. The lowest BCUT2D eigenvalue weighted by molar-refractivity contribution is -0.292. The van der Waals surface area contributed by atoms with E-state index in [1.54, 1.807) is 0 Å².